The van der Waals surface area contributed by atoms with Crippen molar-refractivity contribution >= 4 is 23.1 Å². The van der Waals surface area contributed by atoms with Gasteiger partial charge in [0.1, 0.15) is 0 Å². The molecule has 106 valence electrons. The maximum absolute atomic E-state index is 12.0. The molecule has 6 nitrogen and oxygen atoms in total. The first-order valence-electron chi connectivity index (χ1n) is 6.40. The van der Waals surface area contributed by atoms with E-state index in [-0.39, 0.29) is 17.1 Å². The summed E-state index contributed by atoms with van der Waals surface area (Å²) in [6, 6.07) is 6.65. The second-order valence-corrected chi connectivity index (χ2v) is 4.94. The highest BCUT2D eigenvalue weighted by atomic mass is 16.4. The van der Waals surface area contributed by atoms with Crippen LogP contribution in [0.2, 0.25) is 0 Å². The number of hydrogen-bond acceptors (Lipinski definition) is 4. The van der Waals surface area contributed by atoms with Gasteiger partial charge in [-0.15, -0.1) is 0 Å². The minimum absolute atomic E-state index is 0.0899. The molecule has 0 bridgehead atoms. The van der Waals surface area contributed by atoms with Crippen molar-refractivity contribution in [2.45, 2.75) is 13.3 Å². The van der Waals surface area contributed by atoms with E-state index in [2.05, 4.69) is 9.97 Å². The molecule has 2 aromatic rings. The van der Waals surface area contributed by atoms with Crippen molar-refractivity contribution < 1.29 is 9.90 Å². The second-order valence-electron chi connectivity index (χ2n) is 4.94. The van der Waals surface area contributed by atoms with Gasteiger partial charge >= 0.3 is 5.97 Å². The molecule has 0 spiro atoms. The Morgan fingerprint density at radius 2 is 2.19 bits per heavy atom. The third kappa shape index (κ3) is 2.10. The van der Waals surface area contributed by atoms with Crippen LogP contribution in [0.1, 0.15) is 34.1 Å². The Labute approximate surface area is 120 Å². The molecule has 6 heteroatoms. The summed E-state index contributed by atoms with van der Waals surface area (Å²) in [5, 5.41) is 9.07. The number of fused-ring (bicyclic) bond motifs is 1. The molecular formula is C15H13N3O3. The molecule has 0 saturated carbocycles. The normalized spacial score (nSPS) is 13.4. The Hall–Kier alpha value is -2.89. The van der Waals surface area contributed by atoms with Crippen LogP contribution in [0.4, 0.5) is 5.95 Å². The number of nitrogens with two attached hydrogens (primary N) is 1. The van der Waals surface area contributed by atoms with Crippen LogP contribution in [0, 0.1) is 0 Å². The number of nitrogens with one attached hydrogen (secondary N) is 1. The summed E-state index contributed by atoms with van der Waals surface area (Å²) in [4.78, 5) is 29.7. The van der Waals surface area contributed by atoms with Gasteiger partial charge in [-0.1, -0.05) is 12.1 Å². The van der Waals surface area contributed by atoms with Crippen LogP contribution in [0.25, 0.3) is 11.1 Å². The van der Waals surface area contributed by atoms with Gasteiger partial charge in [0.05, 0.1) is 16.8 Å². The molecule has 0 unspecified atom stereocenters. The quantitative estimate of drug-likeness (QED) is 0.774. The van der Waals surface area contributed by atoms with Gasteiger partial charge in [-0.3, -0.25) is 9.78 Å². The zero-order valence-electron chi connectivity index (χ0n) is 11.3. The standard InChI is InChI=1S/C15H13N3O3/c1-7-10(8-3-2-4-9(5-8)14(20)21)6-11-12(7)13(19)18-15(16)17-11/h2-5H,6H2,1H3,(H,20,21)(H3,16,17,18,19). The summed E-state index contributed by atoms with van der Waals surface area (Å²) in [5.74, 6) is -0.891. The average molecular weight is 283 g/mol. The fraction of sp³-hybridized carbons (Fsp3) is 0.133. The Morgan fingerprint density at radius 1 is 1.43 bits per heavy atom. The van der Waals surface area contributed by atoms with E-state index in [1.54, 1.807) is 12.1 Å². The lowest BCUT2D eigenvalue weighted by molar-refractivity contribution is 0.0697. The van der Waals surface area contributed by atoms with Crippen molar-refractivity contribution in [2.75, 3.05) is 5.73 Å². The number of nitrogens with zero attached hydrogens (tertiary/aromatic N) is 1. The Morgan fingerprint density at radius 3 is 2.90 bits per heavy atom. The highest BCUT2D eigenvalue weighted by molar-refractivity contribution is 5.97. The van der Waals surface area contributed by atoms with Crippen LogP contribution in [0.3, 0.4) is 0 Å². The molecular weight excluding hydrogens is 270 g/mol. The predicted molar refractivity (Wildman–Crippen MR) is 78.9 cm³/mol. The topological polar surface area (TPSA) is 109 Å². The van der Waals surface area contributed by atoms with Crippen molar-refractivity contribution in [3.8, 4) is 0 Å². The number of carboxylic acids is 1. The summed E-state index contributed by atoms with van der Waals surface area (Å²) in [5.41, 5.74) is 9.16. The molecule has 0 fully saturated rings. The molecule has 1 aromatic carbocycles. The summed E-state index contributed by atoms with van der Waals surface area (Å²) in [7, 11) is 0. The molecule has 1 aromatic heterocycles. The maximum atomic E-state index is 12.0. The maximum Gasteiger partial charge on any atom is 0.335 e. The van der Waals surface area contributed by atoms with Crippen LogP contribution < -0.4 is 11.3 Å². The largest absolute Gasteiger partial charge is 0.478 e. The molecule has 21 heavy (non-hydrogen) atoms. The molecule has 0 amide bonds. The number of carboxylic acid groups (broad SMARTS) is 1. The summed E-state index contributed by atoms with van der Waals surface area (Å²) in [6.45, 7) is 1.84. The molecule has 4 N–H and O–H groups in total. The second kappa shape index (κ2) is 4.59. The van der Waals surface area contributed by atoms with E-state index in [1.165, 1.54) is 6.07 Å². The number of hydrogen-bond donors (Lipinski definition) is 3. The van der Waals surface area contributed by atoms with Crippen LogP contribution in [0.15, 0.2) is 29.1 Å². The number of aromatic amines is 1. The number of H-pyrrole nitrogens is 1. The zero-order chi connectivity index (χ0) is 15.1. The number of allylic oxidation sites excluding steroid dienone is 2. The van der Waals surface area contributed by atoms with E-state index in [1.807, 2.05) is 13.0 Å². The molecule has 0 atom stereocenters. The molecule has 0 aliphatic heterocycles. The fourth-order valence-electron chi connectivity index (χ4n) is 2.66. The zero-order valence-corrected chi connectivity index (χ0v) is 11.3. The van der Waals surface area contributed by atoms with Crippen LogP contribution >= 0.6 is 0 Å². The smallest absolute Gasteiger partial charge is 0.335 e. The SMILES string of the molecule is CC1=C(c2cccc(C(=O)O)c2)Cc2nc(N)[nH]c(=O)c21. The Kier molecular flexibility index (Phi) is 2.86. The fourth-order valence-corrected chi connectivity index (χ4v) is 2.66. The highest BCUT2D eigenvalue weighted by Crippen LogP contribution is 2.35. The molecule has 1 heterocycles. The average Bonchev–Trinajstić information content (AvgIpc) is 2.76. The van der Waals surface area contributed by atoms with Gasteiger partial charge < -0.3 is 10.8 Å². The number of rotatable bonds is 2. The van der Waals surface area contributed by atoms with Crippen molar-refractivity contribution in [3.63, 3.8) is 0 Å². The van der Waals surface area contributed by atoms with Gasteiger partial charge in [-0.2, -0.15) is 0 Å². The third-order valence-corrected chi connectivity index (χ3v) is 3.64. The van der Waals surface area contributed by atoms with Gasteiger partial charge in [0.15, 0.2) is 0 Å². The lowest BCUT2D eigenvalue weighted by Gasteiger charge is -2.05. The minimum Gasteiger partial charge on any atom is -0.478 e. The highest BCUT2D eigenvalue weighted by Gasteiger charge is 2.24. The predicted octanol–water partition coefficient (Wildman–Crippen LogP) is 1.54. The Bertz CT molecular complexity index is 849. The molecule has 0 radical (unpaired) electrons. The van der Waals surface area contributed by atoms with E-state index in [0.29, 0.717) is 17.7 Å². The van der Waals surface area contributed by atoms with Crippen molar-refractivity contribution in [2.24, 2.45) is 0 Å². The number of aromatic carboxylic acids is 1. The first-order valence-corrected chi connectivity index (χ1v) is 6.40. The number of benzene rings is 1. The first-order chi connectivity index (χ1) is 9.97. The van der Waals surface area contributed by atoms with E-state index in [0.717, 1.165) is 16.7 Å². The van der Waals surface area contributed by atoms with Gasteiger partial charge in [-0.05, 0) is 35.8 Å². The summed E-state index contributed by atoms with van der Waals surface area (Å²) in [6.07, 6.45) is 0.471. The van der Waals surface area contributed by atoms with Crippen molar-refractivity contribution in [1.29, 1.82) is 0 Å². The van der Waals surface area contributed by atoms with Crippen LogP contribution in [-0.2, 0) is 6.42 Å². The molecule has 1 aliphatic carbocycles. The molecule has 3 rings (SSSR count). The Balaban J connectivity index is 2.14. The van der Waals surface area contributed by atoms with Gasteiger partial charge in [-0.25, -0.2) is 9.78 Å². The number of aromatic nitrogens is 2. The van der Waals surface area contributed by atoms with E-state index in [9.17, 15) is 9.59 Å². The monoisotopic (exact) mass is 283 g/mol. The first kappa shape index (κ1) is 13.1. The third-order valence-electron chi connectivity index (χ3n) is 3.64. The lowest BCUT2D eigenvalue weighted by atomic mass is 9.99. The van der Waals surface area contributed by atoms with Crippen LogP contribution in [0.5, 0.6) is 0 Å². The molecule has 1 aliphatic rings. The lowest BCUT2D eigenvalue weighted by Crippen LogP contribution is -2.16. The molecule has 0 saturated heterocycles. The van der Waals surface area contributed by atoms with Gasteiger partial charge in [0, 0.05) is 6.42 Å². The van der Waals surface area contributed by atoms with Crippen molar-refractivity contribution in [3.05, 3.63) is 57.0 Å². The van der Waals surface area contributed by atoms with E-state index in [4.69, 9.17) is 10.8 Å². The summed E-state index contributed by atoms with van der Waals surface area (Å²) >= 11 is 0. The number of nitrogen functional groups attached to an aromatic ring is 1. The van der Waals surface area contributed by atoms with E-state index >= 15 is 0 Å². The number of carbonyl (C=O) groups is 1. The summed E-state index contributed by atoms with van der Waals surface area (Å²) < 4.78 is 0. The minimum atomic E-state index is -0.981. The van der Waals surface area contributed by atoms with Gasteiger partial charge in [0.2, 0.25) is 5.95 Å². The van der Waals surface area contributed by atoms with E-state index < -0.39 is 5.97 Å². The van der Waals surface area contributed by atoms with Crippen molar-refractivity contribution in [1.82, 2.24) is 9.97 Å². The number of anilines is 1. The van der Waals surface area contributed by atoms with Crippen LogP contribution in [-0.4, -0.2) is 21.0 Å². The van der Waals surface area contributed by atoms with Gasteiger partial charge in [0.25, 0.3) is 5.56 Å².